The molecule has 130 valence electrons. The number of H-pyrrole nitrogens is 1. The highest BCUT2D eigenvalue weighted by Crippen LogP contribution is 2.29. The molecule has 3 rings (SSSR count). The highest BCUT2D eigenvalue weighted by atomic mass is 32.3. The molecule has 0 fully saturated rings. The van der Waals surface area contributed by atoms with Gasteiger partial charge in [0, 0.05) is 11.3 Å². The number of aryl methyl sites for hydroxylation is 2. The third-order valence-corrected chi connectivity index (χ3v) is 7.98. The van der Waals surface area contributed by atoms with Gasteiger partial charge in [-0.1, -0.05) is 29.5 Å². The van der Waals surface area contributed by atoms with E-state index in [1.807, 2.05) is 6.26 Å². The SMILES string of the molecule is CSc1nc(C)c(S(=O)(=O)NC(=O)c2n[nH]c3c2CCCCC3)s1. The molecule has 2 aromatic heterocycles. The largest absolute Gasteiger partial charge is 0.285 e. The van der Waals surface area contributed by atoms with E-state index in [0.29, 0.717) is 10.0 Å². The zero-order valence-corrected chi connectivity index (χ0v) is 15.8. The Hall–Kier alpha value is -1.39. The summed E-state index contributed by atoms with van der Waals surface area (Å²) in [6.45, 7) is 1.62. The predicted molar refractivity (Wildman–Crippen MR) is 93.1 cm³/mol. The molecule has 0 radical (unpaired) electrons. The lowest BCUT2D eigenvalue weighted by atomic mass is 10.1. The lowest BCUT2D eigenvalue weighted by Crippen LogP contribution is -2.31. The minimum atomic E-state index is -3.95. The van der Waals surface area contributed by atoms with Crippen molar-refractivity contribution >= 4 is 39.0 Å². The molecule has 10 heteroatoms. The number of aromatic amines is 1. The highest BCUT2D eigenvalue weighted by molar-refractivity contribution is 8.00. The van der Waals surface area contributed by atoms with Gasteiger partial charge in [-0.2, -0.15) is 5.10 Å². The van der Waals surface area contributed by atoms with Crippen LogP contribution in [0.4, 0.5) is 0 Å². The summed E-state index contributed by atoms with van der Waals surface area (Å²) in [5.41, 5.74) is 2.35. The maximum absolute atomic E-state index is 12.5. The number of rotatable bonds is 4. The van der Waals surface area contributed by atoms with Crippen LogP contribution < -0.4 is 4.72 Å². The molecule has 24 heavy (non-hydrogen) atoms. The average molecular weight is 387 g/mol. The van der Waals surface area contributed by atoms with E-state index in [-0.39, 0.29) is 9.90 Å². The molecule has 2 aromatic rings. The van der Waals surface area contributed by atoms with Gasteiger partial charge in [0.1, 0.15) is 0 Å². The van der Waals surface area contributed by atoms with Gasteiger partial charge in [-0.25, -0.2) is 18.1 Å². The minimum absolute atomic E-state index is 0.0711. The van der Waals surface area contributed by atoms with Crippen molar-refractivity contribution in [2.24, 2.45) is 0 Å². The van der Waals surface area contributed by atoms with E-state index in [4.69, 9.17) is 0 Å². The maximum Gasteiger partial charge on any atom is 0.285 e. The Morgan fingerprint density at radius 3 is 2.75 bits per heavy atom. The van der Waals surface area contributed by atoms with Crippen LogP contribution in [-0.2, 0) is 22.9 Å². The molecule has 0 saturated carbocycles. The van der Waals surface area contributed by atoms with Gasteiger partial charge >= 0.3 is 0 Å². The molecule has 2 N–H and O–H groups in total. The van der Waals surface area contributed by atoms with E-state index in [2.05, 4.69) is 19.9 Å². The molecule has 0 unspecified atom stereocenters. The van der Waals surface area contributed by atoms with E-state index >= 15 is 0 Å². The van der Waals surface area contributed by atoms with Crippen LogP contribution in [0.3, 0.4) is 0 Å². The number of nitrogens with one attached hydrogen (secondary N) is 2. The topological polar surface area (TPSA) is 105 Å². The molecule has 0 atom stereocenters. The highest BCUT2D eigenvalue weighted by Gasteiger charge is 2.28. The lowest BCUT2D eigenvalue weighted by molar-refractivity contribution is 0.0975. The van der Waals surface area contributed by atoms with Crippen LogP contribution in [0, 0.1) is 6.92 Å². The van der Waals surface area contributed by atoms with Crippen LogP contribution in [0.25, 0.3) is 0 Å². The molecule has 0 aromatic carbocycles. The van der Waals surface area contributed by atoms with E-state index < -0.39 is 15.9 Å². The summed E-state index contributed by atoms with van der Waals surface area (Å²) in [6.07, 6.45) is 6.53. The molecule has 2 heterocycles. The van der Waals surface area contributed by atoms with Gasteiger partial charge in [-0.3, -0.25) is 9.89 Å². The normalized spacial score (nSPS) is 14.9. The summed E-state index contributed by atoms with van der Waals surface area (Å²) >= 11 is 2.43. The summed E-state index contributed by atoms with van der Waals surface area (Å²) < 4.78 is 27.9. The number of carbonyl (C=O) groups excluding carboxylic acids is 1. The number of thioether (sulfide) groups is 1. The second-order valence-electron chi connectivity index (χ2n) is 5.58. The van der Waals surface area contributed by atoms with Crippen molar-refractivity contribution in [3.05, 3.63) is 22.6 Å². The van der Waals surface area contributed by atoms with Crippen LogP contribution in [0.1, 0.15) is 46.7 Å². The minimum Gasteiger partial charge on any atom is -0.281 e. The van der Waals surface area contributed by atoms with Gasteiger partial charge in [0.15, 0.2) is 14.2 Å². The number of carbonyl (C=O) groups is 1. The zero-order chi connectivity index (χ0) is 17.3. The Morgan fingerprint density at radius 1 is 1.29 bits per heavy atom. The van der Waals surface area contributed by atoms with Gasteiger partial charge in [-0.05, 0) is 38.9 Å². The van der Waals surface area contributed by atoms with Crippen LogP contribution >= 0.6 is 23.1 Å². The first-order chi connectivity index (χ1) is 11.4. The fourth-order valence-corrected chi connectivity index (χ4v) is 5.93. The third kappa shape index (κ3) is 3.35. The monoisotopic (exact) mass is 386 g/mol. The number of sulfonamides is 1. The summed E-state index contributed by atoms with van der Waals surface area (Å²) in [6, 6.07) is 0. The number of aromatic nitrogens is 3. The quantitative estimate of drug-likeness (QED) is 0.617. The van der Waals surface area contributed by atoms with Crippen LogP contribution in [0.2, 0.25) is 0 Å². The molecule has 1 amide bonds. The van der Waals surface area contributed by atoms with Crippen molar-refractivity contribution in [3.63, 3.8) is 0 Å². The third-order valence-electron chi connectivity index (χ3n) is 3.90. The average Bonchev–Trinajstić information content (AvgIpc) is 3.04. The Labute approximate surface area is 148 Å². The predicted octanol–water partition coefficient (Wildman–Crippen LogP) is 2.28. The zero-order valence-electron chi connectivity index (χ0n) is 13.4. The molecule has 0 bridgehead atoms. The maximum atomic E-state index is 12.5. The Kier molecular flexibility index (Phi) is 4.97. The standard InChI is InChI=1S/C14H18N4O3S3/c1-8-13(23-14(15-8)22-2)24(20,21)18-12(19)11-9-6-4-3-5-7-10(9)16-17-11/h3-7H2,1-2H3,(H,16,17)(H,18,19). The van der Waals surface area contributed by atoms with E-state index in [1.165, 1.54) is 11.8 Å². The van der Waals surface area contributed by atoms with Crippen LogP contribution in [-0.4, -0.2) is 35.8 Å². The van der Waals surface area contributed by atoms with Gasteiger partial charge in [0.05, 0.1) is 5.69 Å². The van der Waals surface area contributed by atoms with E-state index in [1.54, 1.807) is 6.92 Å². The van der Waals surface area contributed by atoms with Gasteiger partial charge in [0.2, 0.25) is 0 Å². The first kappa shape index (κ1) is 17.4. The molecule has 1 aliphatic rings. The summed E-state index contributed by atoms with van der Waals surface area (Å²) in [5, 5.41) is 6.92. The number of nitrogens with zero attached hydrogens (tertiary/aromatic N) is 2. The summed E-state index contributed by atoms with van der Waals surface area (Å²) in [4.78, 5) is 16.7. The van der Waals surface area contributed by atoms with E-state index in [0.717, 1.165) is 54.7 Å². The van der Waals surface area contributed by atoms with Crippen molar-refractivity contribution in [2.45, 2.75) is 47.6 Å². The number of amides is 1. The van der Waals surface area contributed by atoms with Crippen LogP contribution in [0.15, 0.2) is 8.55 Å². The number of hydrogen-bond acceptors (Lipinski definition) is 7. The Morgan fingerprint density at radius 2 is 2.04 bits per heavy atom. The fraction of sp³-hybridized carbons (Fsp3) is 0.500. The molecular weight excluding hydrogens is 368 g/mol. The van der Waals surface area contributed by atoms with E-state index in [9.17, 15) is 13.2 Å². The lowest BCUT2D eigenvalue weighted by Gasteiger charge is -2.05. The van der Waals surface area contributed by atoms with Crippen molar-refractivity contribution in [3.8, 4) is 0 Å². The summed E-state index contributed by atoms with van der Waals surface area (Å²) in [5.74, 6) is -0.687. The summed E-state index contributed by atoms with van der Waals surface area (Å²) in [7, 11) is -3.95. The van der Waals surface area contributed by atoms with Gasteiger partial charge in [-0.15, -0.1) is 0 Å². The van der Waals surface area contributed by atoms with Crippen molar-refractivity contribution in [2.75, 3.05) is 6.26 Å². The van der Waals surface area contributed by atoms with Gasteiger partial charge in [0.25, 0.3) is 15.9 Å². The van der Waals surface area contributed by atoms with Crippen molar-refractivity contribution < 1.29 is 13.2 Å². The van der Waals surface area contributed by atoms with Crippen molar-refractivity contribution in [1.82, 2.24) is 19.9 Å². The fourth-order valence-electron chi connectivity index (χ4n) is 2.76. The first-order valence-electron chi connectivity index (χ1n) is 7.57. The second-order valence-corrected chi connectivity index (χ2v) is 9.51. The number of thiazole rings is 1. The smallest absolute Gasteiger partial charge is 0.281 e. The van der Waals surface area contributed by atoms with Gasteiger partial charge < -0.3 is 0 Å². The second kappa shape index (κ2) is 6.85. The number of fused-ring (bicyclic) bond motifs is 1. The molecular formula is C14H18N4O3S3. The van der Waals surface area contributed by atoms with Crippen molar-refractivity contribution in [1.29, 1.82) is 0 Å². The van der Waals surface area contributed by atoms with Crippen LogP contribution in [0.5, 0.6) is 0 Å². The molecule has 1 aliphatic carbocycles. The Bertz CT molecular complexity index is 870. The molecule has 0 aliphatic heterocycles. The Balaban J connectivity index is 1.86. The molecule has 0 saturated heterocycles. The first-order valence-corrected chi connectivity index (χ1v) is 11.1. The molecule has 7 nitrogen and oxygen atoms in total. The molecule has 0 spiro atoms. The number of hydrogen-bond donors (Lipinski definition) is 2.